The summed E-state index contributed by atoms with van der Waals surface area (Å²) in [4.78, 5) is 0. The average molecular weight is 316 g/mol. The number of methoxy groups -OCH3 is 2. The summed E-state index contributed by atoms with van der Waals surface area (Å²) in [7, 11) is 5.58. The van der Waals surface area contributed by atoms with E-state index in [4.69, 9.17) is 9.47 Å². The fourth-order valence-corrected chi connectivity index (χ4v) is 3.51. The van der Waals surface area contributed by atoms with Gasteiger partial charge in [0, 0.05) is 20.1 Å². The topological polar surface area (TPSA) is 30.5 Å². The van der Waals surface area contributed by atoms with Crippen molar-refractivity contribution in [2.75, 3.05) is 27.8 Å². The summed E-state index contributed by atoms with van der Waals surface area (Å²) in [5.74, 6) is 0.688. The molecule has 134 valence electrons. The lowest BCUT2D eigenvalue weighted by Crippen LogP contribution is -2.43. The zero-order valence-electron chi connectivity index (χ0n) is 16.0. The van der Waals surface area contributed by atoms with Crippen LogP contribution in [0.15, 0.2) is 0 Å². The molecule has 0 aliphatic heterocycles. The van der Waals surface area contributed by atoms with Gasteiger partial charge in [0.25, 0.3) is 0 Å². The molecule has 0 bridgehead atoms. The van der Waals surface area contributed by atoms with E-state index >= 15 is 0 Å². The Balaban J connectivity index is 4.63. The second-order valence-electron chi connectivity index (χ2n) is 6.65. The van der Waals surface area contributed by atoms with Gasteiger partial charge in [0.1, 0.15) is 0 Å². The molecule has 0 saturated heterocycles. The van der Waals surface area contributed by atoms with E-state index in [2.05, 4.69) is 26.1 Å². The van der Waals surface area contributed by atoms with Crippen LogP contribution in [0, 0.1) is 11.8 Å². The van der Waals surface area contributed by atoms with E-state index in [0.29, 0.717) is 11.8 Å². The first-order chi connectivity index (χ1) is 10.6. The quantitative estimate of drug-likeness (QED) is 0.341. The maximum atomic E-state index is 5.76. The number of unbranched alkanes of at least 4 members (excludes halogenated alkanes) is 4. The molecule has 0 aromatic heterocycles. The van der Waals surface area contributed by atoms with Gasteiger partial charge in [0.15, 0.2) is 5.79 Å². The summed E-state index contributed by atoms with van der Waals surface area (Å²) in [6.45, 7) is 7.76. The fourth-order valence-electron chi connectivity index (χ4n) is 3.51. The zero-order valence-corrected chi connectivity index (χ0v) is 16.0. The van der Waals surface area contributed by atoms with Crippen LogP contribution in [0.25, 0.3) is 0 Å². The van der Waals surface area contributed by atoms with E-state index in [-0.39, 0.29) is 0 Å². The van der Waals surface area contributed by atoms with Crippen molar-refractivity contribution in [1.82, 2.24) is 5.32 Å². The molecule has 0 fully saturated rings. The smallest absolute Gasteiger partial charge is 0.167 e. The maximum Gasteiger partial charge on any atom is 0.167 e. The molecule has 0 aromatic carbocycles. The highest BCUT2D eigenvalue weighted by atomic mass is 16.7. The van der Waals surface area contributed by atoms with E-state index in [1.165, 1.54) is 51.4 Å². The van der Waals surface area contributed by atoms with Crippen molar-refractivity contribution in [3.8, 4) is 0 Å². The van der Waals surface area contributed by atoms with Gasteiger partial charge >= 0.3 is 0 Å². The number of nitrogens with one attached hydrogen (secondary N) is 1. The minimum atomic E-state index is -0.460. The molecule has 0 aliphatic carbocycles. The van der Waals surface area contributed by atoms with Crippen LogP contribution in [0.3, 0.4) is 0 Å². The molecule has 22 heavy (non-hydrogen) atoms. The second-order valence-corrected chi connectivity index (χ2v) is 6.65. The molecule has 1 N–H and O–H groups in total. The maximum absolute atomic E-state index is 5.76. The third-order valence-electron chi connectivity index (χ3n) is 5.20. The van der Waals surface area contributed by atoms with Gasteiger partial charge in [-0.3, -0.25) is 0 Å². The van der Waals surface area contributed by atoms with E-state index in [0.717, 1.165) is 13.0 Å². The molecule has 0 saturated carbocycles. The molecule has 3 nitrogen and oxygen atoms in total. The van der Waals surface area contributed by atoms with Crippen molar-refractivity contribution in [3.63, 3.8) is 0 Å². The average Bonchev–Trinajstić information content (AvgIpc) is 2.55. The highest BCUT2D eigenvalue weighted by Gasteiger charge is 2.38. The molecular weight excluding hydrogens is 274 g/mol. The molecule has 0 radical (unpaired) electrons. The lowest BCUT2D eigenvalue weighted by atomic mass is 9.78. The predicted molar refractivity (Wildman–Crippen MR) is 96.2 cm³/mol. The summed E-state index contributed by atoms with van der Waals surface area (Å²) in [6.07, 6.45) is 11.6. The second kappa shape index (κ2) is 13.3. The van der Waals surface area contributed by atoms with E-state index in [9.17, 15) is 0 Å². The van der Waals surface area contributed by atoms with Gasteiger partial charge in [-0.1, -0.05) is 52.4 Å². The van der Waals surface area contributed by atoms with E-state index in [1.54, 1.807) is 14.2 Å². The zero-order chi connectivity index (χ0) is 16.8. The molecule has 0 amide bonds. The van der Waals surface area contributed by atoms with Gasteiger partial charge in [0.05, 0.1) is 0 Å². The van der Waals surface area contributed by atoms with Crippen LogP contribution in [0.4, 0.5) is 0 Å². The Bertz CT molecular complexity index is 242. The van der Waals surface area contributed by atoms with Crippen LogP contribution < -0.4 is 5.32 Å². The van der Waals surface area contributed by atoms with Crippen molar-refractivity contribution in [3.05, 3.63) is 0 Å². The van der Waals surface area contributed by atoms with Crippen molar-refractivity contribution >= 4 is 0 Å². The number of hydrogen-bond acceptors (Lipinski definition) is 3. The van der Waals surface area contributed by atoms with Gasteiger partial charge in [-0.05, 0) is 45.7 Å². The van der Waals surface area contributed by atoms with Crippen LogP contribution in [0.2, 0.25) is 0 Å². The molecule has 2 unspecified atom stereocenters. The van der Waals surface area contributed by atoms with Crippen LogP contribution in [0.1, 0.15) is 78.6 Å². The van der Waals surface area contributed by atoms with Crippen molar-refractivity contribution in [2.45, 2.75) is 84.3 Å². The minimum Gasteiger partial charge on any atom is -0.353 e. The Kier molecular flexibility index (Phi) is 13.3. The van der Waals surface area contributed by atoms with Crippen LogP contribution in [0.5, 0.6) is 0 Å². The summed E-state index contributed by atoms with van der Waals surface area (Å²) < 4.78 is 11.5. The lowest BCUT2D eigenvalue weighted by Gasteiger charge is -2.40. The van der Waals surface area contributed by atoms with E-state index in [1.807, 2.05) is 7.05 Å². The SMILES string of the molecule is CCCCCCCC(CC)C(CCCNC)C(C)(OC)OC. The third-order valence-corrected chi connectivity index (χ3v) is 5.20. The van der Waals surface area contributed by atoms with Gasteiger partial charge in [-0.25, -0.2) is 0 Å². The summed E-state index contributed by atoms with van der Waals surface area (Å²) in [5, 5.41) is 3.25. The molecule has 0 rings (SSSR count). The van der Waals surface area contributed by atoms with Crippen molar-refractivity contribution in [2.24, 2.45) is 11.8 Å². The van der Waals surface area contributed by atoms with Gasteiger partial charge in [-0.15, -0.1) is 0 Å². The monoisotopic (exact) mass is 315 g/mol. The Hall–Kier alpha value is -0.120. The van der Waals surface area contributed by atoms with Gasteiger partial charge < -0.3 is 14.8 Å². The summed E-state index contributed by atoms with van der Waals surface area (Å²) in [6, 6.07) is 0. The Labute approximate surface area is 139 Å². The normalized spacial score (nSPS) is 15.0. The molecule has 0 heterocycles. The van der Waals surface area contributed by atoms with Crippen LogP contribution in [-0.2, 0) is 9.47 Å². The minimum absolute atomic E-state index is 0.460. The number of ether oxygens (including phenoxy) is 2. The molecule has 0 spiro atoms. The number of hydrogen-bond donors (Lipinski definition) is 1. The van der Waals surface area contributed by atoms with Crippen LogP contribution >= 0.6 is 0 Å². The first kappa shape index (κ1) is 21.9. The predicted octanol–water partition coefficient (Wildman–Crippen LogP) is 5.00. The standard InChI is InChI=1S/C19H41NO2/c1-7-9-10-11-12-14-17(8-2)18(15-13-16-20-4)19(3,21-5)22-6/h17-18,20H,7-16H2,1-6H3. The Morgan fingerprint density at radius 2 is 1.55 bits per heavy atom. The fraction of sp³-hybridized carbons (Fsp3) is 1.00. The van der Waals surface area contributed by atoms with Gasteiger partial charge in [0.2, 0.25) is 0 Å². The lowest BCUT2D eigenvalue weighted by molar-refractivity contribution is -0.239. The van der Waals surface area contributed by atoms with Crippen molar-refractivity contribution in [1.29, 1.82) is 0 Å². The Morgan fingerprint density at radius 3 is 2.05 bits per heavy atom. The summed E-state index contributed by atoms with van der Waals surface area (Å²) >= 11 is 0. The highest BCUT2D eigenvalue weighted by molar-refractivity contribution is 4.81. The van der Waals surface area contributed by atoms with Gasteiger partial charge in [-0.2, -0.15) is 0 Å². The summed E-state index contributed by atoms with van der Waals surface area (Å²) in [5.41, 5.74) is 0. The van der Waals surface area contributed by atoms with Crippen LogP contribution in [-0.4, -0.2) is 33.6 Å². The largest absolute Gasteiger partial charge is 0.353 e. The molecule has 3 heteroatoms. The first-order valence-electron chi connectivity index (χ1n) is 9.34. The highest BCUT2D eigenvalue weighted by Crippen LogP contribution is 2.37. The van der Waals surface area contributed by atoms with E-state index < -0.39 is 5.79 Å². The Morgan fingerprint density at radius 1 is 0.909 bits per heavy atom. The first-order valence-corrected chi connectivity index (χ1v) is 9.34. The number of rotatable bonds is 15. The molecular formula is C19H41NO2. The molecule has 0 aromatic rings. The molecule has 2 atom stereocenters. The van der Waals surface area contributed by atoms with Crippen molar-refractivity contribution < 1.29 is 9.47 Å². The molecule has 0 aliphatic rings. The third kappa shape index (κ3) is 7.94.